The second-order valence-electron chi connectivity index (χ2n) is 6.80. The summed E-state index contributed by atoms with van der Waals surface area (Å²) in [4.78, 5) is 12.5. The maximum atomic E-state index is 12.5. The van der Waals surface area contributed by atoms with Crippen LogP contribution in [-0.4, -0.2) is 33.5 Å². The van der Waals surface area contributed by atoms with Crippen molar-refractivity contribution in [2.45, 2.75) is 31.7 Å². The number of allylic oxidation sites excluding steroid dienone is 1. The van der Waals surface area contributed by atoms with Crippen molar-refractivity contribution >= 4 is 23.4 Å². The van der Waals surface area contributed by atoms with Gasteiger partial charge in [0.15, 0.2) is 17.1 Å². The third-order valence-corrected chi connectivity index (χ3v) is 5.50. The number of benzene rings is 2. The van der Waals surface area contributed by atoms with Crippen molar-refractivity contribution in [1.82, 2.24) is 14.8 Å². The first-order valence-electron chi connectivity index (χ1n) is 9.85. The fourth-order valence-electron chi connectivity index (χ4n) is 3.00. The molecular formula is C23H26N4O3S. The highest BCUT2D eigenvalue weighted by Gasteiger charge is 2.20. The molecule has 0 radical (unpaired) electrons. The van der Waals surface area contributed by atoms with Crippen molar-refractivity contribution in [3.63, 3.8) is 0 Å². The average Bonchev–Trinajstić information content (AvgIpc) is 3.17. The van der Waals surface area contributed by atoms with Gasteiger partial charge in [-0.1, -0.05) is 48.2 Å². The average molecular weight is 439 g/mol. The van der Waals surface area contributed by atoms with Gasteiger partial charge in [0.05, 0.1) is 18.6 Å². The molecule has 0 aliphatic rings. The van der Waals surface area contributed by atoms with Crippen molar-refractivity contribution < 1.29 is 14.3 Å². The van der Waals surface area contributed by atoms with Crippen LogP contribution in [0.2, 0.25) is 0 Å². The van der Waals surface area contributed by atoms with E-state index in [4.69, 9.17) is 9.47 Å². The molecule has 1 atom stereocenters. The lowest BCUT2D eigenvalue weighted by Crippen LogP contribution is -2.16. The molecule has 1 unspecified atom stereocenters. The summed E-state index contributed by atoms with van der Waals surface area (Å²) in [6.45, 7) is 8.27. The summed E-state index contributed by atoms with van der Waals surface area (Å²) >= 11 is 1.31. The SMILES string of the molecule is C=CCn1c(SCC(=O)Nc2ccccc2OC)nnc1C(C)Oc1ccccc1C. The maximum absolute atomic E-state index is 12.5. The molecule has 1 heterocycles. The van der Waals surface area contributed by atoms with Crippen LogP contribution in [-0.2, 0) is 11.3 Å². The minimum Gasteiger partial charge on any atom is -0.495 e. The summed E-state index contributed by atoms with van der Waals surface area (Å²) < 4.78 is 13.3. The van der Waals surface area contributed by atoms with E-state index in [2.05, 4.69) is 22.1 Å². The van der Waals surface area contributed by atoms with Gasteiger partial charge in [-0.05, 0) is 37.6 Å². The van der Waals surface area contributed by atoms with E-state index in [1.165, 1.54) is 11.8 Å². The molecule has 1 N–H and O–H groups in total. The molecule has 0 bridgehead atoms. The molecule has 8 heteroatoms. The summed E-state index contributed by atoms with van der Waals surface area (Å²) in [5.41, 5.74) is 1.68. The van der Waals surface area contributed by atoms with Gasteiger partial charge in [-0.2, -0.15) is 0 Å². The van der Waals surface area contributed by atoms with Crippen LogP contribution < -0.4 is 14.8 Å². The predicted octanol–water partition coefficient (Wildman–Crippen LogP) is 4.65. The Bertz CT molecular complexity index is 1050. The molecule has 2 aromatic carbocycles. The lowest BCUT2D eigenvalue weighted by atomic mass is 10.2. The molecule has 3 rings (SSSR count). The highest BCUT2D eigenvalue weighted by molar-refractivity contribution is 7.99. The Kier molecular flexibility index (Phi) is 7.72. The van der Waals surface area contributed by atoms with Gasteiger partial charge >= 0.3 is 0 Å². The zero-order valence-electron chi connectivity index (χ0n) is 17.9. The molecule has 31 heavy (non-hydrogen) atoms. The van der Waals surface area contributed by atoms with Crippen molar-refractivity contribution in [1.29, 1.82) is 0 Å². The van der Waals surface area contributed by atoms with Crippen molar-refractivity contribution in [2.75, 3.05) is 18.2 Å². The molecule has 1 aromatic heterocycles. The van der Waals surface area contributed by atoms with Crippen LogP contribution in [0.3, 0.4) is 0 Å². The van der Waals surface area contributed by atoms with Crippen LogP contribution in [0.5, 0.6) is 11.5 Å². The largest absolute Gasteiger partial charge is 0.495 e. The fourth-order valence-corrected chi connectivity index (χ4v) is 3.76. The summed E-state index contributed by atoms with van der Waals surface area (Å²) in [7, 11) is 1.57. The van der Waals surface area contributed by atoms with E-state index in [0.717, 1.165) is 11.3 Å². The monoisotopic (exact) mass is 438 g/mol. The molecule has 0 fully saturated rings. The van der Waals surface area contributed by atoms with Gasteiger partial charge in [-0.25, -0.2) is 0 Å². The first kappa shape index (κ1) is 22.4. The van der Waals surface area contributed by atoms with Gasteiger partial charge in [-0.15, -0.1) is 16.8 Å². The third kappa shape index (κ3) is 5.67. The van der Waals surface area contributed by atoms with E-state index < -0.39 is 0 Å². The minimum atomic E-state index is -0.315. The number of ether oxygens (including phenoxy) is 2. The number of hydrogen-bond acceptors (Lipinski definition) is 6. The van der Waals surface area contributed by atoms with Gasteiger partial charge in [0.2, 0.25) is 5.91 Å². The molecule has 0 aliphatic carbocycles. The van der Waals surface area contributed by atoms with Gasteiger partial charge in [-0.3, -0.25) is 9.36 Å². The van der Waals surface area contributed by atoms with Crippen LogP contribution >= 0.6 is 11.8 Å². The summed E-state index contributed by atoms with van der Waals surface area (Å²) in [6, 6.07) is 15.1. The van der Waals surface area contributed by atoms with Crippen LogP contribution in [0, 0.1) is 6.92 Å². The Morgan fingerprint density at radius 1 is 1.19 bits per heavy atom. The molecular weight excluding hydrogens is 412 g/mol. The zero-order chi connectivity index (χ0) is 22.2. The maximum Gasteiger partial charge on any atom is 0.234 e. The summed E-state index contributed by atoms with van der Waals surface area (Å²) in [6.07, 6.45) is 1.46. The Morgan fingerprint density at radius 3 is 2.61 bits per heavy atom. The number of para-hydroxylation sites is 3. The number of anilines is 1. The fraction of sp³-hybridized carbons (Fsp3) is 0.261. The highest BCUT2D eigenvalue weighted by atomic mass is 32.2. The topological polar surface area (TPSA) is 78.3 Å². The molecule has 0 spiro atoms. The van der Waals surface area contributed by atoms with Crippen molar-refractivity contribution in [3.8, 4) is 11.5 Å². The quantitative estimate of drug-likeness (QED) is 0.367. The van der Waals surface area contributed by atoms with Crippen molar-refractivity contribution in [2.24, 2.45) is 0 Å². The Balaban J connectivity index is 1.69. The number of aryl methyl sites for hydroxylation is 1. The van der Waals surface area contributed by atoms with E-state index in [-0.39, 0.29) is 17.8 Å². The lowest BCUT2D eigenvalue weighted by molar-refractivity contribution is -0.113. The molecule has 1 amide bonds. The molecule has 7 nitrogen and oxygen atoms in total. The predicted molar refractivity (Wildman–Crippen MR) is 123 cm³/mol. The molecule has 0 saturated heterocycles. The molecule has 162 valence electrons. The summed E-state index contributed by atoms with van der Waals surface area (Å²) in [5.74, 6) is 2.11. The lowest BCUT2D eigenvalue weighted by Gasteiger charge is -2.17. The first-order chi connectivity index (χ1) is 15.0. The number of amides is 1. The first-order valence-corrected chi connectivity index (χ1v) is 10.8. The van der Waals surface area contributed by atoms with Gasteiger partial charge in [0.1, 0.15) is 11.5 Å². The number of rotatable bonds is 10. The number of carbonyl (C=O) groups excluding carboxylic acids is 1. The normalized spacial score (nSPS) is 11.6. The Labute approximate surface area is 186 Å². The molecule has 0 aliphatic heterocycles. The molecule has 0 saturated carbocycles. The highest BCUT2D eigenvalue weighted by Crippen LogP contribution is 2.27. The van der Waals surface area contributed by atoms with E-state index >= 15 is 0 Å². The molecule has 3 aromatic rings. The van der Waals surface area contributed by atoms with Crippen LogP contribution in [0.1, 0.15) is 24.4 Å². The Hall–Kier alpha value is -3.26. The standard InChI is InChI=1S/C23H26N4O3S/c1-5-14-27-22(17(3)30-19-12-8-6-10-16(19)2)25-26-23(27)31-15-21(28)24-18-11-7-9-13-20(18)29-4/h5-13,17H,1,14-15H2,2-4H3,(H,24,28). The minimum absolute atomic E-state index is 0.159. The second-order valence-corrected chi connectivity index (χ2v) is 7.75. The van der Waals surface area contributed by atoms with E-state index in [0.29, 0.717) is 29.0 Å². The van der Waals surface area contributed by atoms with Crippen molar-refractivity contribution in [3.05, 3.63) is 72.6 Å². The number of hydrogen-bond donors (Lipinski definition) is 1. The number of methoxy groups -OCH3 is 1. The van der Waals surface area contributed by atoms with Gasteiger partial charge < -0.3 is 14.8 Å². The smallest absolute Gasteiger partial charge is 0.234 e. The van der Waals surface area contributed by atoms with Gasteiger partial charge in [0, 0.05) is 6.54 Å². The number of nitrogens with one attached hydrogen (secondary N) is 1. The van der Waals surface area contributed by atoms with E-state index in [1.807, 2.05) is 54.8 Å². The van der Waals surface area contributed by atoms with Crippen LogP contribution in [0.25, 0.3) is 0 Å². The number of carbonyl (C=O) groups is 1. The van der Waals surface area contributed by atoms with Gasteiger partial charge in [0.25, 0.3) is 0 Å². The summed E-state index contributed by atoms with van der Waals surface area (Å²) in [5, 5.41) is 12.1. The van der Waals surface area contributed by atoms with Crippen LogP contribution in [0.4, 0.5) is 5.69 Å². The van der Waals surface area contributed by atoms with Crippen LogP contribution in [0.15, 0.2) is 66.3 Å². The number of aromatic nitrogens is 3. The second kappa shape index (κ2) is 10.7. The van der Waals surface area contributed by atoms with E-state index in [1.54, 1.807) is 25.3 Å². The third-order valence-electron chi connectivity index (χ3n) is 4.53. The number of thioether (sulfide) groups is 1. The number of nitrogens with zero attached hydrogens (tertiary/aromatic N) is 3. The Morgan fingerprint density at radius 2 is 1.90 bits per heavy atom. The van der Waals surface area contributed by atoms with E-state index in [9.17, 15) is 4.79 Å². The zero-order valence-corrected chi connectivity index (χ0v) is 18.7.